The lowest BCUT2D eigenvalue weighted by molar-refractivity contribution is -0.138. The maximum atomic E-state index is 13.1. The van der Waals surface area contributed by atoms with Crippen LogP contribution in [0.3, 0.4) is 0 Å². The number of thioether (sulfide) groups is 1. The Labute approximate surface area is 148 Å². The van der Waals surface area contributed by atoms with Crippen molar-refractivity contribution in [1.82, 2.24) is 9.88 Å². The number of fused-ring (bicyclic) bond motifs is 1. The van der Waals surface area contributed by atoms with Crippen LogP contribution in [0.5, 0.6) is 0 Å². The molecule has 1 aliphatic rings. The number of benzene rings is 2. The molecular weight excluding hydrogens is 339 g/mol. The third-order valence-corrected chi connectivity index (χ3v) is 5.70. The second-order valence-electron chi connectivity index (χ2n) is 6.13. The molecule has 2 aromatic carbocycles. The van der Waals surface area contributed by atoms with E-state index in [1.54, 1.807) is 23.9 Å². The van der Waals surface area contributed by atoms with Crippen LogP contribution >= 0.6 is 11.8 Å². The summed E-state index contributed by atoms with van der Waals surface area (Å²) in [6, 6.07) is 14.1. The van der Waals surface area contributed by atoms with Gasteiger partial charge in [-0.05, 0) is 23.8 Å². The number of aromatic nitrogens is 1. The molecule has 0 bridgehead atoms. The molecule has 3 aromatic rings. The summed E-state index contributed by atoms with van der Waals surface area (Å²) >= 11 is 1.61. The number of rotatable bonds is 4. The standard InChI is InChI=1S/C19H17FN2O2S/c20-13-7-5-12(6-8-13)9-22-10-15(14-3-1-2-4-17(14)22)18-21-16(11-25-18)19(23)24/h1-8,10,16,18,21H,9,11H2,(H,23,24)/t16-,18+/m1/s1. The van der Waals surface area contributed by atoms with E-state index in [-0.39, 0.29) is 11.2 Å². The van der Waals surface area contributed by atoms with Crippen molar-refractivity contribution < 1.29 is 14.3 Å². The number of hydrogen-bond acceptors (Lipinski definition) is 3. The largest absolute Gasteiger partial charge is 0.480 e. The first kappa shape index (κ1) is 16.2. The molecule has 0 amide bonds. The Kier molecular flexibility index (Phi) is 4.23. The highest BCUT2D eigenvalue weighted by Crippen LogP contribution is 2.37. The number of carboxylic acids is 1. The van der Waals surface area contributed by atoms with Crippen LogP contribution in [0.1, 0.15) is 16.5 Å². The van der Waals surface area contributed by atoms with Crippen molar-refractivity contribution in [2.45, 2.75) is 18.0 Å². The molecule has 1 fully saturated rings. The van der Waals surface area contributed by atoms with Crippen LogP contribution in [0.2, 0.25) is 0 Å². The monoisotopic (exact) mass is 356 g/mol. The van der Waals surface area contributed by atoms with Gasteiger partial charge in [0.2, 0.25) is 0 Å². The van der Waals surface area contributed by atoms with Gasteiger partial charge < -0.3 is 9.67 Å². The van der Waals surface area contributed by atoms with Crippen molar-refractivity contribution in [3.8, 4) is 0 Å². The zero-order valence-electron chi connectivity index (χ0n) is 13.4. The van der Waals surface area contributed by atoms with Crippen LogP contribution in [0.15, 0.2) is 54.7 Å². The molecular formula is C19H17FN2O2S. The summed E-state index contributed by atoms with van der Waals surface area (Å²) in [5.74, 6) is -0.504. The fourth-order valence-electron chi connectivity index (χ4n) is 3.19. The zero-order valence-corrected chi connectivity index (χ0v) is 14.2. The Morgan fingerprint density at radius 2 is 2.00 bits per heavy atom. The molecule has 1 aliphatic heterocycles. The van der Waals surface area contributed by atoms with Crippen molar-refractivity contribution in [3.63, 3.8) is 0 Å². The molecule has 6 heteroatoms. The predicted molar refractivity (Wildman–Crippen MR) is 97.2 cm³/mol. The van der Waals surface area contributed by atoms with E-state index in [2.05, 4.69) is 28.2 Å². The van der Waals surface area contributed by atoms with E-state index < -0.39 is 12.0 Å². The third-order valence-electron chi connectivity index (χ3n) is 4.45. The van der Waals surface area contributed by atoms with Crippen LogP contribution in [0, 0.1) is 5.82 Å². The second-order valence-corrected chi connectivity index (χ2v) is 7.26. The second kappa shape index (κ2) is 6.54. The Hall–Kier alpha value is -2.31. The zero-order chi connectivity index (χ0) is 17.4. The average molecular weight is 356 g/mol. The highest BCUT2D eigenvalue weighted by molar-refractivity contribution is 7.99. The number of halogens is 1. The minimum Gasteiger partial charge on any atom is -0.480 e. The number of para-hydroxylation sites is 1. The Balaban J connectivity index is 1.69. The van der Waals surface area contributed by atoms with E-state index in [0.717, 1.165) is 22.0 Å². The first-order valence-corrected chi connectivity index (χ1v) is 9.09. The van der Waals surface area contributed by atoms with E-state index >= 15 is 0 Å². The normalized spacial score (nSPS) is 20.2. The molecule has 4 rings (SSSR count). The topological polar surface area (TPSA) is 54.3 Å². The maximum absolute atomic E-state index is 13.1. The third kappa shape index (κ3) is 3.15. The Morgan fingerprint density at radius 3 is 2.72 bits per heavy atom. The van der Waals surface area contributed by atoms with E-state index in [0.29, 0.717) is 12.3 Å². The molecule has 128 valence electrons. The van der Waals surface area contributed by atoms with Gasteiger partial charge in [0.15, 0.2) is 0 Å². The number of nitrogens with zero attached hydrogens (tertiary/aromatic N) is 1. The molecule has 0 radical (unpaired) electrons. The molecule has 1 aromatic heterocycles. The van der Waals surface area contributed by atoms with Gasteiger partial charge in [-0.15, -0.1) is 11.8 Å². The summed E-state index contributed by atoms with van der Waals surface area (Å²) in [4.78, 5) is 11.2. The first-order chi connectivity index (χ1) is 12.1. The van der Waals surface area contributed by atoms with E-state index in [4.69, 9.17) is 0 Å². The minimum absolute atomic E-state index is 0.0412. The summed E-state index contributed by atoms with van der Waals surface area (Å²) < 4.78 is 15.3. The minimum atomic E-state index is -0.815. The fraction of sp³-hybridized carbons (Fsp3) is 0.211. The van der Waals surface area contributed by atoms with E-state index in [1.807, 2.05) is 12.1 Å². The molecule has 0 saturated carbocycles. The Morgan fingerprint density at radius 1 is 1.24 bits per heavy atom. The van der Waals surface area contributed by atoms with Crippen LogP contribution in [0.25, 0.3) is 10.9 Å². The summed E-state index contributed by atoms with van der Waals surface area (Å²) in [6.45, 7) is 0.639. The number of hydrogen-bond donors (Lipinski definition) is 2. The summed E-state index contributed by atoms with van der Waals surface area (Å²) in [7, 11) is 0. The van der Waals surface area contributed by atoms with Crippen molar-refractivity contribution in [1.29, 1.82) is 0 Å². The van der Waals surface area contributed by atoms with Gasteiger partial charge in [-0.2, -0.15) is 0 Å². The van der Waals surface area contributed by atoms with Crippen LogP contribution < -0.4 is 5.32 Å². The van der Waals surface area contributed by atoms with Crippen molar-refractivity contribution in [2.75, 3.05) is 5.75 Å². The van der Waals surface area contributed by atoms with Gasteiger partial charge in [-0.3, -0.25) is 10.1 Å². The van der Waals surface area contributed by atoms with E-state index in [9.17, 15) is 14.3 Å². The first-order valence-electron chi connectivity index (χ1n) is 8.04. The molecule has 2 heterocycles. The summed E-state index contributed by atoms with van der Waals surface area (Å²) in [6.07, 6.45) is 2.07. The lowest BCUT2D eigenvalue weighted by Crippen LogP contribution is -2.33. The predicted octanol–water partition coefficient (Wildman–Crippen LogP) is 3.62. The molecule has 4 nitrogen and oxygen atoms in total. The van der Waals surface area contributed by atoms with Gasteiger partial charge >= 0.3 is 5.97 Å². The van der Waals surface area contributed by atoms with Crippen molar-refractivity contribution in [3.05, 3.63) is 71.7 Å². The SMILES string of the molecule is O=C(O)[C@H]1CS[C@@H](c2cn(Cc3ccc(F)cc3)c3ccccc23)N1. The van der Waals surface area contributed by atoms with Gasteiger partial charge in [0.25, 0.3) is 0 Å². The van der Waals surface area contributed by atoms with Crippen LogP contribution in [-0.4, -0.2) is 27.4 Å². The molecule has 0 aliphatic carbocycles. The molecule has 25 heavy (non-hydrogen) atoms. The lowest BCUT2D eigenvalue weighted by Gasteiger charge is -2.09. The highest BCUT2D eigenvalue weighted by atomic mass is 32.2. The summed E-state index contributed by atoms with van der Waals surface area (Å²) in [5.41, 5.74) is 3.19. The molecule has 0 unspecified atom stereocenters. The fourth-order valence-corrected chi connectivity index (χ4v) is 4.45. The molecule has 0 spiro atoms. The number of carbonyl (C=O) groups is 1. The van der Waals surface area contributed by atoms with Gasteiger partial charge in [-0.1, -0.05) is 30.3 Å². The number of nitrogens with one attached hydrogen (secondary N) is 1. The molecule has 2 N–H and O–H groups in total. The Bertz CT molecular complexity index is 923. The van der Waals surface area contributed by atoms with Gasteiger partial charge in [-0.25, -0.2) is 4.39 Å². The summed E-state index contributed by atoms with van der Waals surface area (Å²) in [5, 5.41) is 13.5. The van der Waals surface area contributed by atoms with Crippen LogP contribution in [0.4, 0.5) is 4.39 Å². The van der Waals surface area contributed by atoms with Gasteiger partial charge in [0.1, 0.15) is 11.9 Å². The van der Waals surface area contributed by atoms with Gasteiger partial charge in [0, 0.05) is 35.0 Å². The lowest BCUT2D eigenvalue weighted by atomic mass is 10.1. The molecule has 2 atom stereocenters. The van der Waals surface area contributed by atoms with Crippen LogP contribution in [-0.2, 0) is 11.3 Å². The molecule has 1 saturated heterocycles. The maximum Gasteiger partial charge on any atom is 0.321 e. The van der Waals surface area contributed by atoms with E-state index in [1.165, 1.54) is 12.1 Å². The average Bonchev–Trinajstić information content (AvgIpc) is 3.22. The van der Waals surface area contributed by atoms with Gasteiger partial charge in [0.05, 0.1) is 5.37 Å². The smallest absolute Gasteiger partial charge is 0.321 e. The quantitative estimate of drug-likeness (QED) is 0.750. The number of carboxylic acid groups (broad SMARTS) is 1. The number of aliphatic carboxylic acids is 1. The van der Waals surface area contributed by atoms with Crippen molar-refractivity contribution >= 4 is 28.6 Å². The van der Waals surface area contributed by atoms with Crippen molar-refractivity contribution in [2.24, 2.45) is 0 Å². The highest BCUT2D eigenvalue weighted by Gasteiger charge is 2.31.